The van der Waals surface area contributed by atoms with Gasteiger partial charge in [0.1, 0.15) is 24.3 Å². The molecule has 186 valence electrons. The first kappa shape index (κ1) is 26.7. The predicted octanol–water partition coefficient (Wildman–Crippen LogP) is 2.64. The van der Waals surface area contributed by atoms with Crippen LogP contribution in [0.5, 0.6) is 0 Å². The third kappa shape index (κ3) is 8.05. The number of carbonyl (C=O) groups is 4. The van der Waals surface area contributed by atoms with Gasteiger partial charge >= 0.3 is 12.1 Å². The molecule has 0 aliphatic carbocycles. The molecule has 0 aromatic rings. The SMILES string of the molecule is CC(C)C[C@@H]1NC(=O)[C@@H]2CCCN2C(=O)CC(C)N(C(=O)OC(C)(C)C)C/C=C/COC1=O. The van der Waals surface area contributed by atoms with E-state index in [1.807, 2.05) is 13.8 Å². The van der Waals surface area contributed by atoms with E-state index >= 15 is 0 Å². The Bertz CT molecular complexity index is 758. The maximum atomic E-state index is 13.1. The molecule has 2 aliphatic rings. The van der Waals surface area contributed by atoms with Crippen molar-refractivity contribution in [3.8, 4) is 0 Å². The van der Waals surface area contributed by atoms with Crippen LogP contribution in [0.2, 0.25) is 0 Å². The number of rotatable bonds is 2. The number of esters is 1. The molecule has 0 aromatic heterocycles. The Hall–Kier alpha value is -2.58. The van der Waals surface area contributed by atoms with Crippen molar-refractivity contribution in [2.45, 2.75) is 91.0 Å². The first-order chi connectivity index (χ1) is 15.4. The number of ether oxygens (including phenoxy) is 2. The summed E-state index contributed by atoms with van der Waals surface area (Å²) >= 11 is 0. The second kappa shape index (κ2) is 11.5. The summed E-state index contributed by atoms with van der Waals surface area (Å²) in [5.74, 6) is -0.879. The zero-order valence-corrected chi connectivity index (χ0v) is 20.8. The molecule has 9 heteroatoms. The summed E-state index contributed by atoms with van der Waals surface area (Å²) in [5, 5.41) is 2.81. The first-order valence-electron chi connectivity index (χ1n) is 11.8. The monoisotopic (exact) mass is 465 g/mol. The number of nitrogens with zero attached hydrogens (tertiary/aromatic N) is 2. The zero-order chi connectivity index (χ0) is 24.8. The topological polar surface area (TPSA) is 105 Å². The molecule has 0 aromatic carbocycles. The summed E-state index contributed by atoms with van der Waals surface area (Å²) < 4.78 is 10.9. The van der Waals surface area contributed by atoms with Crippen LogP contribution in [0.25, 0.3) is 0 Å². The van der Waals surface area contributed by atoms with Crippen LogP contribution in [0.15, 0.2) is 12.2 Å². The molecular formula is C24H39N3O6. The molecule has 0 spiro atoms. The zero-order valence-electron chi connectivity index (χ0n) is 20.8. The van der Waals surface area contributed by atoms with Gasteiger partial charge in [0.15, 0.2) is 0 Å². The van der Waals surface area contributed by atoms with Gasteiger partial charge in [0.05, 0.1) is 0 Å². The minimum absolute atomic E-state index is 0.0221. The van der Waals surface area contributed by atoms with Gasteiger partial charge in [0, 0.05) is 25.6 Å². The molecule has 1 fully saturated rings. The van der Waals surface area contributed by atoms with E-state index in [-0.39, 0.29) is 37.3 Å². The number of amides is 3. The highest BCUT2D eigenvalue weighted by atomic mass is 16.6. The van der Waals surface area contributed by atoms with Crippen LogP contribution in [-0.2, 0) is 23.9 Å². The predicted molar refractivity (Wildman–Crippen MR) is 123 cm³/mol. The highest BCUT2D eigenvalue weighted by molar-refractivity contribution is 5.91. The van der Waals surface area contributed by atoms with Crippen LogP contribution in [0.4, 0.5) is 4.79 Å². The molecule has 33 heavy (non-hydrogen) atoms. The third-order valence-electron chi connectivity index (χ3n) is 5.60. The highest BCUT2D eigenvalue weighted by Gasteiger charge is 2.37. The van der Waals surface area contributed by atoms with Crippen molar-refractivity contribution >= 4 is 23.9 Å². The van der Waals surface area contributed by atoms with Crippen LogP contribution in [0.3, 0.4) is 0 Å². The Labute approximate surface area is 196 Å². The van der Waals surface area contributed by atoms with Crippen molar-refractivity contribution in [2.75, 3.05) is 19.7 Å². The lowest BCUT2D eigenvalue weighted by molar-refractivity contribution is -0.148. The molecule has 2 heterocycles. The summed E-state index contributed by atoms with van der Waals surface area (Å²) in [4.78, 5) is 54.6. The molecule has 2 aliphatic heterocycles. The quantitative estimate of drug-likeness (QED) is 0.497. The Kier molecular flexibility index (Phi) is 9.31. The lowest BCUT2D eigenvalue weighted by Crippen LogP contribution is -2.52. The fourth-order valence-electron chi connectivity index (χ4n) is 4.01. The van der Waals surface area contributed by atoms with Crippen molar-refractivity contribution in [2.24, 2.45) is 5.92 Å². The van der Waals surface area contributed by atoms with Crippen LogP contribution >= 0.6 is 0 Å². The number of hydrogen-bond acceptors (Lipinski definition) is 6. The molecule has 3 amide bonds. The molecule has 2 rings (SSSR count). The summed E-state index contributed by atoms with van der Waals surface area (Å²) in [7, 11) is 0. The lowest BCUT2D eigenvalue weighted by atomic mass is 10.0. The maximum Gasteiger partial charge on any atom is 0.410 e. The fraction of sp³-hybridized carbons (Fsp3) is 0.750. The Morgan fingerprint density at radius 2 is 1.94 bits per heavy atom. The smallest absolute Gasteiger partial charge is 0.410 e. The van der Waals surface area contributed by atoms with Gasteiger partial charge in [0.25, 0.3) is 0 Å². The Morgan fingerprint density at radius 3 is 2.58 bits per heavy atom. The molecule has 1 saturated heterocycles. The van der Waals surface area contributed by atoms with Crippen molar-refractivity contribution < 1.29 is 28.7 Å². The summed E-state index contributed by atoms with van der Waals surface area (Å²) in [6.07, 6.45) is 4.59. The summed E-state index contributed by atoms with van der Waals surface area (Å²) in [6.45, 7) is 11.8. The normalized spacial score (nSPS) is 26.8. The number of nitrogens with one attached hydrogen (secondary N) is 1. The van der Waals surface area contributed by atoms with Crippen LogP contribution in [0.1, 0.15) is 67.2 Å². The van der Waals surface area contributed by atoms with E-state index < -0.39 is 35.8 Å². The number of fused-ring (bicyclic) bond motifs is 1. The van der Waals surface area contributed by atoms with Gasteiger partial charge in [-0.15, -0.1) is 0 Å². The van der Waals surface area contributed by atoms with Gasteiger partial charge in [-0.2, -0.15) is 0 Å². The second-order valence-electron chi connectivity index (χ2n) is 10.2. The van der Waals surface area contributed by atoms with E-state index in [2.05, 4.69) is 5.32 Å². The van der Waals surface area contributed by atoms with Gasteiger partial charge in [-0.05, 0) is 59.0 Å². The number of hydrogen-bond donors (Lipinski definition) is 1. The van der Waals surface area contributed by atoms with E-state index in [1.54, 1.807) is 44.7 Å². The average Bonchev–Trinajstić information content (AvgIpc) is 3.17. The minimum atomic E-state index is -0.772. The molecule has 3 atom stereocenters. The van der Waals surface area contributed by atoms with E-state index in [0.29, 0.717) is 25.8 Å². The van der Waals surface area contributed by atoms with Crippen molar-refractivity contribution in [1.29, 1.82) is 0 Å². The molecule has 0 bridgehead atoms. The number of cyclic esters (lactones) is 1. The maximum absolute atomic E-state index is 13.1. The van der Waals surface area contributed by atoms with Gasteiger partial charge in [-0.1, -0.05) is 19.9 Å². The average molecular weight is 466 g/mol. The van der Waals surface area contributed by atoms with E-state index in [9.17, 15) is 19.2 Å². The molecule has 0 radical (unpaired) electrons. The highest BCUT2D eigenvalue weighted by Crippen LogP contribution is 2.22. The third-order valence-corrected chi connectivity index (χ3v) is 5.60. The fourth-order valence-corrected chi connectivity index (χ4v) is 4.01. The van der Waals surface area contributed by atoms with Gasteiger partial charge < -0.3 is 24.6 Å². The summed E-state index contributed by atoms with van der Waals surface area (Å²) in [6, 6.07) is -1.85. The summed E-state index contributed by atoms with van der Waals surface area (Å²) in [5.41, 5.74) is -0.680. The van der Waals surface area contributed by atoms with Crippen LogP contribution < -0.4 is 5.32 Å². The van der Waals surface area contributed by atoms with Crippen molar-refractivity contribution in [3.05, 3.63) is 12.2 Å². The van der Waals surface area contributed by atoms with Crippen molar-refractivity contribution in [1.82, 2.24) is 15.1 Å². The standard InChI is InChI=1S/C24H39N3O6/c1-16(2)14-18-22(30)32-13-8-7-11-26(23(31)33-24(4,5)6)17(3)15-20(28)27-12-9-10-19(27)21(29)25-18/h7-8,16-19H,9-15H2,1-6H3,(H,25,29)/b8-7+/t17?,18-,19-/m0/s1. The van der Waals surface area contributed by atoms with E-state index in [1.165, 1.54) is 4.90 Å². The number of carbonyl (C=O) groups excluding carboxylic acids is 4. The minimum Gasteiger partial charge on any atom is -0.460 e. The van der Waals surface area contributed by atoms with E-state index in [4.69, 9.17) is 9.47 Å². The van der Waals surface area contributed by atoms with Crippen molar-refractivity contribution in [3.63, 3.8) is 0 Å². The van der Waals surface area contributed by atoms with Gasteiger partial charge in [0.2, 0.25) is 11.8 Å². The molecule has 0 saturated carbocycles. The molecule has 9 nitrogen and oxygen atoms in total. The van der Waals surface area contributed by atoms with Gasteiger partial charge in [-0.3, -0.25) is 9.59 Å². The van der Waals surface area contributed by atoms with Crippen LogP contribution in [-0.4, -0.2) is 77.1 Å². The van der Waals surface area contributed by atoms with Gasteiger partial charge in [-0.25, -0.2) is 9.59 Å². The Morgan fingerprint density at radius 1 is 1.24 bits per heavy atom. The molecular weight excluding hydrogens is 426 g/mol. The lowest BCUT2D eigenvalue weighted by Gasteiger charge is -2.32. The second-order valence-corrected chi connectivity index (χ2v) is 10.2. The Balaban J connectivity index is 2.29. The van der Waals surface area contributed by atoms with Crippen LogP contribution in [0, 0.1) is 5.92 Å². The molecule has 1 N–H and O–H groups in total. The van der Waals surface area contributed by atoms with E-state index in [0.717, 1.165) is 0 Å². The first-order valence-corrected chi connectivity index (χ1v) is 11.8. The largest absolute Gasteiger partial charge is 0.460 e. The molecule has 1 unspecified atom stereocenters.